The fourth-order valence-corrected chi connectivity index (χ4v) is 2.68. The van der Waals surface area contributed by atoms with E-state index < -0.39 is 5.91 Å². The molecular weight excluding hydrogens is 339 g/mol. The van der Waals surface area contributed by atoms with Crippen LogP contribution in [-0.2, 0) is 4.74 Å². The first kappa shape index (κ1) is 16.0. The van der Waals surface area contributed by atoms with Crippen molar-refractivity contribution < 1.29 is 9.53 Å². The highest BCUT2D eigenvalue weighted by atomic mass is 35.5. The maximum Gasteiger partial charge on any atom is 0.274 e. The molecule has 120 valence electrons. The maximum absolute atomic E-state index is 12.4. The van der Waals surface area contributed by atoms with Crippen LogP contribution in [0.4, 0.5) is 11.6 Å². The molecule has 1 aromatic carbocycles. The highest BCUT2D eigenvalue weighted by Crippen LogP contribution is 2.30. The Balaban J connectivity index is 1.80. The summed E-state index contributed by atoms with van der Waals surface area (Å²) in [5.41, 5.74) is 0.616. The van der Waals surface area contributed by atoms with Crippen molar-refractivity contribution >= 4 is 40.7 Å². The van der Waals surface area contributed by atoms with E-state index in [2.05, 4.69) is 15.3 Å². The first-order valence-corrected chi connectivity index (χ1v) is 7.82. The van der Waals surface area contributed by atoms with Crippen molar-refractivity contribution in [2.45, 2.75) is 0 Å². The second-order valence-corrected chi connectivity index (χ2v) is 5.71. The lowest BCUT2D eigenvalue weighted by Gasteiger charge is -2.26. The molecule has 1 saturated heterocycles. The second-order valence-electron chi connectivity index (χ2n) is 4.89. The molecule has 1 amide bonds. The van der Waals surface area contributed by atoms with Crippen molar-refractivity contribution in [1.82, 2.24) is 9.97 Å². The van der Waals surface area contributed by atoms with E-state index in [1.807, 2.05) is 4.90 Å². The number of amides is 1. The number of hydrogen-bond donors (Lipinski definition) is 1. The number of anilines is 2. The highest BCUT2D eigenvalue weighted by molar-refractivity contribution is 6.39. The average molecular weight is 353 g/mol. The third kappa shape index (κ3) is 3.72. The van der Waals surface area contributed by atoms with Crippen molar-refractivity contribution in [2.24, 2.45) is 0 Å². The number of rotatable bonds is 3. The molecule has 0 saturated carbocycles. The topological polar surface area (TPSA) is 67.4 Å². The van der Waals surface area contributed by atoms with Crippen molar-refractivity contribution in [2.75, 3.05) is 36.5 Å². The van der Waals surface area contributed by atoms with Crippen LogP contribution in [0.25, 0.3) is 0 Å². The molecule has 8 heteroatoms. The number of nitrogens with one attached hydrogen (secondary N) is 1. The Morgan fingerprint density at radius 1 is 1.17 bits per heavy atom. The quantitative estimate of drug-likeness (QED) is 0.919. The van der Waals surface area contributed by atoms with Gasteiger partial charge in [-0.2, -0.15) is 0 Å². The summed E-state index contributed by atoms with van der Waals surface area (Å²) in [5, 5.41) is 3.43. The SMILES string of the molecule is O=C(Nc1c(Cl)cccc1Cl)c1ccnc(N2CCOCC2)n1. The maximum atomic E-state index is 12.4. The Morgan fingerprint density at radius 3 is 2.57 bits per heavy atom. The highest BCUT2D eigenvalue weighted by Gasteiger charge is 2.17. The van der Waals surface area contributed by atoms with Crippen molar-refractivity contribution in [3.05, 3.63) is 46.2 Å². The Labute approximate surface area is 143 Å². The van der Waals surface area contributed by atoms with Gasteiger partial charge in [0.15, 0.2) is 0 Å². The average Bonchev–Trinajstić information content (AvgIpc) is 2.59. The monoisotopic (exact) mass is 352 g/mol. The van der Waals surface area contributed by atoms with E-state index in [1.54, 1.807) is 30.5 Å². The summed E-state index contributed by atoms with van der Waals surface area (Å²) in [6.07, 6.45) is 1.56. The number of ether oxygens (including phenoxy) is 1. The molecule has 1 aromatic heterocycles. The Hall–Kier alpha value is -1.89. The molecule has 1 aliphatic heterocycles. The zero-order valence-electron chi connectivity index (χ0n) is 12.1. The summed E-state index contributed by atoms with van der Waals surface area (Å²) in [6, 6.07) is 6.57. The molecule has 23 heavy (non-hydrogen) atoms. The van der Waals surface area contributed by atoms with Gasteiger partial charge in [0.05, 0.1) is 28.9 Å². The predicted octanol–water partition coefficient (Wildman–Crippen LogP) is 2.87. The Morgan fingerprint density at radius 2 is 1.87 bits per heavy atom. The zero-order chi connectivity index (χ0) is 16.2. The van der Waals surface area contributed by atoms with Gasteiger partial charge in [0.25, 0.3) is 5.91 Å². The zero-order valence-corrected chi connectivity index (χ0v) is 13.6. The van der Waals surface area contributed by atoms with E-state index in [-0.39, 0.29) is 5.69 Å². The number of nitrogens with zero attached hydrogens (tertiary/aromatic N) is 3. The van der Waals surface area contributed by atoms with Gasteiger partial charge in [-0.3, -0.25) is 4.79 Å². The van der Waals surface area contributed by atoms with Crippen LogP contribution in [0.15, 0.2) is 30.5 Å². The molecule has 0 aliphatic carbocycles. The summed E-state index contributed by atoms with van der Waals surface area (Å²) < 4.78 is 5.30. The number of aromatic nitrogens is 2. The van der Waals surface area contributed by atoms with E-state index in [0.29, 0.717) is 48.0 Å². The van der Waals surface area contributed by atoms with Crippen LogP contribution in [-0.4, -0.2) is 42.2 Å². The molecule has 2 heterocycles. The van der Waals surface area contributed by atoms with Gasteiger partial charge in [-0.25, -0.2) is 9.97 Å². The van der Waals surface area contributed by atoms with Gasteiger partial charge < -0.3 is 15.0 Å². The van der Waals surface area contributed by atoms with E-state index in [0.717, 1.165) is 0 Å². The number of benzene rings is 1. The van der Waals surface area contributed by atoms with E-state index in [1.165, 1.54) is 0 Å². The lowest BCUT2D eigenvalue weighted by Crippen LogP contribution is -2.37. The third-order valence-electron chi connectivity index (χ3n) is 3.37. The fourth-order valence-electron chi connectivity index (χ4n) is 2.19. The summed E-state index contributed by atoms with van der Waals surface area (Å²) in [6.45, 7) is 2.63. The van der Waals surface area contributed by atoms with Crippen molar-refractivity contribution in [1.29, 1.82) is 0 Å². The van der Waals surface area contributed by atoms with Gasteiger partial charge in [-0.05, 0) is 18.2 Å². The van der Waals surface area contributed by atoms with Crippen LogP contribution in [0.3, 0.4) is 0 Å². The number of carbonyl (C=O) groups excluding carboxylic acids is 1. The second kappa shape index (κ2) is 7.12. The number of morpholine rings is 1. The number of para-hydroxylation sites is 1. The first-order chi connectivity index (χ1) is 11.1. The van der Waals surface area contributed by atoms with Crippen LogP contribution >= 0.6 is 23.2 Å². The van der Waals surface area contributed by atoms with Crippen LogP contribution in [0.2, 0.25) is 10.0 Å². The summed E-state index contributed by atoms with van der Waals surface area (Å²) in [5.74, 6) is 0.114. The summed E-state index contributed by atoms with van der Waals surface area (Å²) >= 11 is 12.1. The lowest BCUT2D eigenvalue weighted by molar-refractivity contribution is 0.102. The summed E-state index contributed by atoms with van der Waals surface area (Å²) in [7, 11) is 0. The van der Waals surface area contributed by atoms with Crippen LogP contribution < -0.4 is 10.2 Å². The molecule has 0 bridgehead atoms. The first-order valence-electron chi connectivity index (χ1n) is 7.06. The largest absolute Gasteiger partial charge is 0.378 e. The fraction of sp³-hybridized carbons (Fsp3) is 0.267. The van der Waals surface area contributed by atoms with Gasteiger partial charge in [-0.1, -0.05) is 29.3 Å². The number of halogens is 2. The number of hydrogen-bond acceptors (Lipinski definition) is 5. The molecule has 3 rings (SSSR count). The van der Waals surface area contributed by atoms with Crippen molar-refractivity contribution in [3.8, 4) is 0 Å². The van der Waals surface area contributed by atoms with Gasteiger partial charge in [0, 0.05) is 19.3 Å². The molecule has 1 aliphatic rings. The molecule has 6 nitrogen and oxygen atoms in total. The Kier molecular flexibility index (Phi) is 4.95. The standard InChI is InChI=1S/C15H14Cl2N4O2/c16-10-2-1-3-11(17)13(10)20-14(22)12-4-5-18-15(19-12)21-6-8-23-9-7-21/h1-5H,6-9H2,(H,20,22). The normalized spacial score (nSPS) is 14.6. The molecule has 0 unspecified atom stereocenters. The van der Waals surface area contributed by atoms with Crippen molar-refractivity contribution in [3.63, 3.8) is 0 Å². The van der Waals surface area contributed by atoms with E-state index >= 15 is 0 Å². The van der Waals surface area contributed by atoms with Gasteiger partial charge in [0.2, 0.25) is 5.95 Å². The van der Waals surface area contributed by atoms with Gasteiger partial charge in [-0.15, -0.1) is 0 Å². The third-order valence-corrected chi connectivity index (χ3v) is 4.00. The Bertz CT molecular complexity index is 700. The molecule has 0 radical (unpaired) electrons. The van der Waals surface area contributed by atoms with E-state index in [4.69, 9.17) is 27.9 Å². The van der Waals surface area contributed by atoms with Crippen LogP contribution in [0.5, 0.6) is 0 Å². The van der Waals surface area contributed by atoms with Gasteiger partial charge in [0.1, 0.15) is 5.69 Å². The summed E-state index contributed by atoms with van der Waals surface area (Å²) in [4.78, 5) is 22.9. The minimum atomic E-state index is -0.392. The van der Waals surface area contributed by atoms with Gasteiger partial charge >= 0.3 is 0 Å². The molecule has 2 aromatic rings. The minimum absolute atomic E-state index is 0.248. The minimum Gasteiger partial charge on any atom is -0.378 e. The number of carbonyl (C=O) groups is 1. The van der Waals surface area contributed by atoms with E-state index in [9.17, 15) is 4.79 Å². The molecule has 1 N–H and O–H groups in total. The predicted molar refractivity (Wildman–Crippen MR) is 89.5 cm³/mol. The molecule has 0 atom stereocenters. The molecule has 0 spiro atoms. The molecular formula is C15H14Cl2N4O2. The smallest absolute Gasteiger partial charge is 0.274 e. The van der Waals surface area contributed by atoms with Crippen LogP contribution in [0, 0.1) is 0 Å². The lowest BCUT2D eigenvalue weighted by atomic mass is 10.3. The molecule has 1 fully saturated rings. The van der Waals surface area contributed by atoms with Crippen LogP contribution in [0.1, 0.15) is 10.5 Å².